The number of amides is 1. The zero-order valence-corrected chi connectivity index (χ0v) is 14.2. The highest BCUT2D eigenvalue weighted by Crippen LogP contribution is 2.21. The third kappa shape index (κ3) is 4.33. The molecule has 1 amide bonds. The van der Waals surface area contributed by atoms with E-state index in [-0.39, 0.29) is 17.6 Å². The van der Waals surface area contributed by atoms with Crippen molar-refractivity contribution < 1.29 is 18.7 Å². The number of aromatic nitrogens is 1. The van der Waals surface area contributed by atoms with Gasteiger partial charge in [-0.3, -0.25) is 9.78 Å². The molecule has 1 aromatic heterocycles. The number of ether oxygens (including phenoxy) is 2. The van der Waals surface area contributed by atoms with E-state index in [1.807, 2.05) is 12.1 Å². The average molecular weight is 344 g/mol. The van der Waals surface area contributed by atoms with Gasteiger partial charge < -0.3 is 14.4 Å². The minimum Gasteiger partial charge on any atom is -0.497 e. The fraction of sp³-hybridized carbons (Fsp3) is 0.368. The van der Waals surface area contributed by atoms with Crippen LogP contribution < -0.4 is 4.74 Å². The molecule has 0 bridgehead atoms. The summed E-state index contributed by atoms with van der Waals surface area (Å²) in [5, 5.41) is 0. The Balaban J connectivity index is 1.82. The summed E-state index contributed by atoms with van der Waals surface area (Å²) in [6.07, 6.45) is 5.26. The van der Waals surface area contributed by atoms with Crippen molar-refractivity contribution in [1.29, 1.82) is 0 Å². The highest BCUT2D eigenvalue weighted by atomic mass is 19.1. The summed E-state index contributed by atoms with van der Waals surface area (Å²) in [6.45, 7) is 1.49. The Labute approximate surface area is 146 Å². The van der Waals surface area contributed by atoms with Crippen LogP contribution in [0.3, 0.4) is 0 Å². The third-order valence-corrected chi connectivity index (χ3v) is 4.24. The van der Waals surface area contributed by atoms with Gasteiger partial charge in [-0.25, -0.2) is 4.39 Å². The van der Waals surface area contributed by atoms with Gasteiger partial charge in [0.1, 0.15) is 11.6 Å². The molecule has 25 heavy (non-hydrogen) atoms. The molecule has 1 unspecified atom stereocenters. The SMILES string of the molecule is COc1ccc(C(=O)N(Cc2cccnc2)CC2CCCO2)c(F)c1. The van der Waals surface area contributed by atoms with E-state index in [0.29, 0.717) is 25.4 Å². The van der Waals surface area contributed by atoms with E-state index >= 15 is 0 Å². The van der Waals surface area contributed by atoms with E-state index in [1.54, 1.807) is 23.4 Å². The zero-order valence-electron chi connectivity index (χ0n) is 14.2. The molecular weight excluding hydrogens is 323 g/mol. The molecule has 1 aliphatic heterocycles. The first kappa shape index (κ1) is 17.4. The molecule has 132 valence electrons. The first-order valence-corrected chi connectivity index (χ1v) is 8.30. The third-order valence-electron chi connectivity index (χ3n) is 4.24. The molecule has 0 spiro atoms. The smallest absolute Gasteiger partial charge is 0.257 e. The molecule has 2 heterocycles. The molecule has 1 fully saturated rings. The molecule has 5 nitrogen and oxygen atoms in total. The Kier molecular flexibility index (Phi) is 5.60. The highest BCUT2D eigenvalue weighted by molar-refractivity contribution is 5.94. The number of rotatable bonds is 6. The predicted molar refractivity (Wildman–Crippen MR) is 90.9 cm³/mol. The van der Waals surface area contributed by atoms with E-state index < -0.39 is 5.82 Å². The van der Waals surface area contributed by atoms with Crippen molar-refractivity contribution in [3.8, 4) is 5.75 Å². The van der Waals surface area contributed by atoms with Gasteiger partial charge in [-0.1, -0.05) is 6.07 Å². The summed E-state index contributed by atoms with van der Waals surface area (Å²) in [7, 11) is 1.46. The number of carbonyl (C=O) groups is 1. The van der Waals surface area contributed by atoms with E-state index in [2.05, 4.69) is 4.98 Å². The molecule has 1 atom stereocenters. The summed E-state index contributed by atoms with van der Waals surface area (Å²) >= 11 is 0. The van der Waals surface area contributed by atoms with Gasteiger partial charge in [0.05, 0.1) is 18.8 Å². The molecular formula is C19H21FN2O3. The average Bonchev–Trinajstić information content (AvgIpc) is 3.14. The second-order valence-corrected chi connectivity index (χ2v) is 6.03. The first-order valence-electron chi connectivity index (χ1n) is 8.30. The van der Waals surface area contributed by atoms with Gasteiger partial charge in [0.2, 0.25) is 0 Å². The van der Waals surface area contributed by atoms with Crippen molar-refractivity contribution in [3.05, 3.63) is 59.7 Å². The van der Waals surface area contributed by atoms with Crippen LogP contribution in [-0.4, -0.2) is 42.2 Å². The number of methoxy groups -OCH3 is 1. The topological polar surface area (TPSA) is 51.7 Å². The summed E-state index contributed by atoms with van der Waals surface area (Å²) in [5.41, 5.74) is 0.922. The minimum absolute atomic E-state index is 0.0121. The van der Waals surface area contributed by atoms with Crippen LogP contribution in [0.15, 0.2) is 42.7 Å². The van der Waals surface area contributed by atoms with Gasteiger partial charge in [-0.2, -0.15) is 0 Å². The lowest BCUT2D eigenvalue weighted by Gasteiger charge is -2.26. The summed E-state index contributed by atoms with van der Waals surface area (Å²) in [5.74, 6) is -0.570. The van der Waals surface area contributed by atoms with Crippen molar-refractivity contribution in [2.45, 2.75) is 25.5 Å². The van der Waals surface area contributed by atoms with Gasteiger partial charge in [0.15, 0.2) is 0 Å². The highest BCUT2D eigenvalue weighted by Gasteiger charge is 2.25. The van der Waals surface area contributed by atoms with Crippen LogP contribution in [0.1, 0.15) is 28.8 Å². The van der Waals surface area contributed by atoms with Gasteiger partial charge in [0, 0.05) is 38.2 Å². The molecule has 0 radical (unpaired) electrons. The summed E-state index contributed by atoms with van der Waals surface area (Å²) in [6, 6.07) is 7.99. The lowest BCUT2D eigenvalue weighted by Crippen LogP contribution is -2.37. The molecule has 1 saturated heterocycles. The molecule has 0 saturated carbocycles. The maximum Gasteiger partial charge on any atom is 0.257 e. The molecule has 1 aromatic carbocycles. The van der Waals surface area contributed by atoms with Gasteiger partial charge in [0.25, 0.3) is 5.91 Å². The van der Waals surface area contributed by atoms with E-state index in [1.165, 1.54) is 19.2 Å². The van der Waals surface area contributed by atoms with Gasteiger partial charge >= 0.3 is 0 Å². The number of benzene rings is 1. The lowest BCUT2D eigenvalue weighted by molar-refractivity contribution is 0.0503. The lowest BCUT2D eigenvalue weighted by atomic mass is 10.1. The quantitative estimate of drug-likeness (QED) is 0.808. The largest absolute Gasteiger partial charge is 0.497 e. The Morgan fingerprint density at radius 3 is 2.96 bits per heavy atom. The fourth-order valence-corrected chi connectivity index (χ4v) is 2.93. The Bertz CT molecular complexity index is 718. The number of halogens is 1. The number of hydrogen-bond acceptors (Lipinski definition) is 4. The van der Waals surface area contributed by atoms with Crippen molar-refractivity contribution in [2.24, 2.45) is 0 Å². The van der Waals surface area contributed by atoms with Gasteiger partial charge in [-0.15, -0.1) is 0 Å². The van der Waals surface area contributed by atoms with Crippen LogP contribution >= 0.6 is 0 Å². The van der Waals surface area contributed by atoms with Crippen LogP contribution in [0.25, 0.3) is 0 Å². The summed E-state index contributed by atoms with van der Waals surface area (Å²) < 4.78 is 25.0. The molecule has 1 aliphatic rings. The Hall–Kier alpha value is -2.47. The number of nitrogens with zero attached hydrogens (tertiary/aromatic N) is 2. The van der Waals surface area contributed by atoms with Crippen molar-refractivity contribution in [1.82, 2.24) is 9.88 Å². The first-order chi connectivity index (χ1) is 12.2. The van der Waals surface area contributed by atoms with E-state index in [4.69, 9.17) is 9.47 Å². The second-order valence-electron chi connectivity index (χ2n) is 6.03. The van der Waals surface area contributed by atoms with Crippen LogP contribution in [-0.2, 0) is 11.3 Å². The predicted octanol–water partition coefficient (Wildman–Crippen LogP) is 3.05. The van der Waals surface area contributed by atoms with E-state index in [9.17, 15) is 9.18 Å². The standard InChI is InChI=1S/C19H21FN2O3/c1-24-15-6-7-17(18(20)10-15)19(23)22(13-16-5-3-9-25-16)12-14-4-2-8-21-11-14/h2,4,6-8,10-11,16H,3,5,9,12-13H2,1H3. The molecule has 2 aromatic rings. The fourth-order valence-electron chi connectivity index (χ4n) is 2.93. The van der Waals surface area contributed by atoms with Crippen LogP contribution in [0.5, 0.6) is 5.75 Å². The number of hydrogen-bond donors (Lipinski definition) is 0. The van der Waals surface area contributed by atoms with Crippen molar-refractivity contribution >= 4 is 5.91 Å². The normalized spacial score (nSPS) is 16.6. The second kappa shape index (κ2) is 8.07. The van der Waals surface area contributed by atoms with Crippen LogP contribution in [0, 0.1) is 5.82 Å². The molecule has 3 rings (SSSR count). The van der Waals surface area contributed by atoms with Crippen LogP contribution in [0.4, 0.5) is 4.39 Å². The van der Waals surface area contributed by atoms with Gasteiger partial charge in [-0.05, 0) is 36.6 Å². The minimum atomic E-state index is -0.590. The molecule has 0 aliphatic carbocycles. The zero-order chi connectivity index (χ0) is 17.6. The summed E-state index contributed by atoms with van der Waals surface area (Å²) in [4.78, 5) is 18.6. The Morgan fingerprint density at radius 1 is 1.44 bits per heavy atom. The Morgan fingerprint density at radius 2 is 2.32 bits per heavy atom. The van der Waals surface area contributed by atoms with Crippen molar-refractivity contribution in [2.75, 3.05) is 20.3 Å². The maximum atomic E-state index is 14.3. The molecule has 6 heteroatoms. The van der Waals surface area contributed by atoms with E-state index in [0.717, 1.165) is 18.4 Å². The van der Waals surface area contributed by atoms with Crippen molar-refractivity contribution in [3.63, 3.8) is 0 Å². The molecule has 0 N–H and O–H groups in total. The number of carbonyl (C=O) groups excluding carboxylic acids is 1. The monoisotopic (exact) mass is 344 g/mol. The maximum absolute atomic E-state index is 14.3. The number of pyridine rings is 1. The van der Waals surface area contributed by atoms with Crippen LogP contribution in [0.2, 0.25) is 0 Å².